The molecule has 0 spiro atoms. The predicted molar refractivity (Wildman–Crippen MR) is 73.2 cm³/mol. The first kappa shape index (κ1) is 13.8. The lowest BCUT2D eigenvalue weighted by Gasteiger charge is -2.23. The Kier molecular flexibility index (Phi) is 4.72. The number of hydrogen-bond donors (Lipinski definition) is 0. The zero-order valence-corrected chi connectivity index (χ0v) is 11.4. The van der Waals surface area contributed by atoms with Gasteiger partial charge in [0.2, 0.25) is 0 Å². The molecule has 3 nitrogen and oxygen atoms in total. The molecule has 1 aromatic rings. The van der Waals surface area contributed by atoms with Crippen LogP contribution < -0.4 is 4.74 Å². The van der Waals surface area contributed by atoms with Crippen molar-refractivity contribution in [3.8, 4) is 5.75 Å². The highest BCUT2D eigenvalue weighted by Crippen LogP contribution is 2.37. The maximum absolute atomic E-state index is 11.6. The second kappa shape index (κ2) is 6.50. The van der Waals surface area contributed by atoms with E-state index in [9.17, 15) is 9.59 Å². The molecule has 0 radical (unpaired) electrons. The van der Waals surface area contributed by atoms with Crippen LogP contribution in [0.15, 0.2) is 24.3 Å². The van der Waals surface area contributed by atoms with Gasteiger partial charge in [-0.15, -0.1) is 0 Å². The largest absolute Gasteiger partial charge is 0.426 e. The SMILES string of the molecule is CC(=O)CC(=O)Oc1ccccc1C1CCCCC1. The maximum atomic E-state index is 11.6. The Morgan fingerprint density at radius 2 is 1.84 bits per heavy atom. The van der Waals surface area contributed by atoms with Crippen LogP contribution >= 0.6 is 0 Å². The second-order valence-electron chi connectivity index (χ2n) is 5.23. The zero-order chi connectivity index (χ0) is 13.7. The lowest BCUT2D eigenvalue weighted by atomic mass is 9.84. The molecular formula is C16H20O3. The third kappa shape index (κ3) is 3.91. The Bertz CT molecular complexity index is 459. The van der Waals surface area contributed by atoms with E-state index in [0.29, 0.717) is 11.7 Å². The topological polar surface area (TPSA) is 43.4 Å². The van der Waals surface area contributed by atoms with Gasteiger partial charge in [0.1, 0.15) is 18.0 Å². The van der Waals surface area contributed by atoms with E-state index in [1.54, 1.807) is 0 Å². The van der Waals surface area contributed by atoms with Gasteiger partial charge < -0.3 is 4.74 Å². The molecule has 0 saturated heterocycles. The minimum atomic E-state index is -0.462. The fraction of sp³-hybridized carbons (Fsp3) is 0.500. The Labute approximate surface area is 114 Å². The van der Waals surface area contributed by atoms with E-state index in [2.05, 4.69) is 0 Å². The van der Waals surface area contributed by atoms with Crippen molar-refractivity contribution in [2.45, 2.75) is 51.4 Å². The van der Waals surface area contributed by atoms with E-state index in [0.717, 1.165) is 18.4 Å². The molecule has 1 saturated carbocycles. The summed E-state index contributed by atoms with van der Waals surface area (Å²) < 4.78 is 5.35. The molecule has 102 valence electrons. The van der Waals surface area contributed by atoms with Gasteiger partial charge in [-0.2, -0.15) is 0 Å². The molecule has 0 N–H and O–H groups in total. The average Bonchev–Trinajstić information content (AvgIpc) is 2.39. The Morgan fingerprint density at radius 1 is 1.16 bits per heavy atom. The predicted octanol–water partition coefficient (Wildman–Crippen LogP) is 3.62. The van der Waals surface area contributed by atoms with E-state index in [1.165, 1.54) is 26.2 Å². The van der Waals surface area contributed by atoms with Gasteiger partial charge in [-0.3, -0.25) is 9.59 Å². The number of carbonyl (C=O) groups excluding carboxylic acids is 2. The number of carbonyl (C=O) groups is 2. The fourth-order valence-electron chi connectivity index (χ4n) is 2.69. The lowest BCUT2D eigenvalue weighted by molar-refractivity contribution is -0.137. The molecule has 2 rings (SSSR count). The number of para-hydroxylation sites is 1. The van der Waals surface area contributed by atoms with Gasteiger partial charge >= 0.3 is 5.97 Å². The molecular weight excluding hydrogens is 240 g/mol. The van der Waals surface area contributed by atoms with Crippen molar-refractivity contribution in [3.63, 3.8) is 0 Å². The third-order valence-electron chi connectivity index (χ3n) is 3.58. The molecule has 1 fully saturated rings. The highest BCUT2D eigenvalue weighted by atomic mass is 16.5. The van der Waals surface area contributed by atoms with Crippen LogP contribution in [0.1, 0.15) is 56.9 Å². The van der Waals surface area contributed by atoms with E-state index in [1.807, 2.05) is 24.3 Å². The standard InChI is InChI=1S/C16H20O3/c1-12(17)11-16(18)19-15-10-6-5-9-14(15)13-7-3-2-4-8-13/h5-6,9-10,13H,2-4,7-8,11H2,1H3. The molecule has 0 aliphatic heterocycles. The zero-order valence-electron chi connectivity index (χ0n) is 11.4. The number of ketones is 1. The number of rotatable bonds is 4. The minimum absolute atomic E-state index is 0.154. The number of hydrogen-bond acceptors (Lipinski definition) is 3. The normalized spacial score (nSPS) is 16.1. The summed E-state index contributed by atoms with van der Waals surface area (Å²) in [5.74, 6) is 0.478. The van der Waals surface area contributed by atoms with E-state index in [-0.39, 0.29) is 12.2 Å². The molecule has 19 heavy (non-hydrogen) atoms. The summed E-state index contributed by atoms with van der Waals surface area (Å²) in [6.45, 7) is 1.40. The average molecular weight is 260 g/mol. The first-order chi connectivity index (χ1) is 9.16. The summed E-state index contributed by atoms with van der Waals surface area (Å²) in [4.78, 5) is 22.5. The van der Waals surface area contributed by atoms with Crippen molar-refractivity contribution >= 4 is 11.8 Å². The van der Waals surface area contributed by atoms with Crippen molar-refractivity contribution in [1.29, 1.82) is 0 Å². The van der Waals surface area contributed by atoms with Gasteiger partial charge in [0.05, 0.1) is 0 Å². The minimum Gasteiger partial charge on any atom is -0.426 e. The second-order valence-corrected chi connectivity index (χ2v) is 5.23. The highest BCUT2D eigenvalue weighted by molar-refractivity contribution is 5.95. The quantitative estimate of drug-likeness (QED) is 0.472. The van der Waals surface area contributed by atoms with Gasteiger partial charge in [0.25, 0.3) is 0 Å². The van der Waals surface area contributed by atoms with Crippen LogP contribution in [0.5, 0.6) is 5.75 Å². The van der Waals surface area contributed by atoms with E-state index in [4.69, 9.17) is 4.74 Å². The maximum Gasteiger partial charge on any atom is 0.318 e. The van der Waals surface area contributed by atoms with Gasteiger partial charge in [-0.25, -0.2) is 0 Å². The van der Waals surface area contributed by atoms with Gasteiger partial charge in [-0.1, -0.05) is 37.5 Å². The summed E-state index contributed by atoms with van der Waals surface area (Å²) in [7, 11) is 0. The summed E-state index contributed by atoms with van der Waals surface area (Å²) in [6, 6.07) is 7.70. The Morgan fingerprint density at radius 3 is 2.53 bits per heavy atom. The van der Waals surface area contributed by atoms with E-state index >= 15 is 0 Å². The molecule has 1 aliphatic carbocycles. The number of benzene rings is 1. The van der Waals surface area contributed by atoms with Crippen LogP contribution in [0.4, 0.5) is 0 Å². The van der Waals surface area contributed by atoms with Crippen LogP contribution in [-0.2, 0) is 9.59 Å². The number of Topliss-reactive ketones (excluding diaryl/α,β-unsaturated/α-hetero) is 1. The van der Waals surface area contributed by atoms with Crippen molar-refractivity contribution in [3.05, 3.63) is 29.8 Å². The van der Waals surface area contributed by atoms with Crippen LogP contribution in [0.3, 0.4) is 0 Å². The molecule has 3 heteroatoms. The molecule has 0 heterocycles. The van der Waals surface area contributed by atoms with Crippen molar-refractivity contribution in [1.82, 2.24) is 0 Å². The van der Waals surface area contributed by atoms with Gasteiger partial charge in [-0.05, 0) is 37.3 Å². The summed E-state index contributed by atoms with van der Waals surface area (Å²) in [5.41, 5.74) is 1.11. The summed E-state index contributed by atoms with van der Waals surface area (Å²) >= 11 is 0. The first-order valence-electron chi connectivity index (χ1n) is 6.96. The van der Waals surface area contributed by atoms with Gasteiger partial charge in [0, 0.05) is 0 Å². The Hall–Kier alpha value is -1.64. The molecule has 0 unspecified atom stereocenters. The smallest absolute Gasteiger partial charge is 0.318 e. The van der Waals surface area contributed by atoms with Crippen molar-refractivity contribution < 1.29 is 14.3 Å². The van der Waals surface area contributed by atoms with Gasteiger partial charge in [0.15, 0.2) is 0 Å². The van der Waals surface area contributed by atoms with Crippen LogP contribution in [0, 0.1) is 0 Å². The molecule has 0 aromatic heterocycles. The number of esters is 1. The molecule has 1 aromatic carbocycles. The lowest BCUT2D eigenvalue weighted by Crippen LogP contribution is -2.14. The summed E-state index contributed by atoms with van der Waals surface area (Å²) in [6.07, 6.45) is 5.92. The van der Waals surface area contributed by atoms with Crippen molar-refractivity contribution in [2.24, 2.45) is 0 Å². The van der Waals surface area contributed by atoms with Crippen molar-refractivity contribution in [2.75, 3.05) is 0 Å². The Balaban J connectivity index is 2.11. The molecule has 0 bridgehead atoms. The van der Waals surface area contributed by atoms with E-state index < -0.39 is 5.97 Å². The summed E-state index contributed by atoms with van der Waals surface area (Å²) in [5, 5.41) is 0. The van der Waals surface area contributed by atoms with Crippen LogP contribution in [-0.4, -0.2) is 11.8 Å². The molecule has 0 atom stereocenters. The number of ether oxygens (including phenoxy) is 1. The first-order valence-corrected chi connectivity index (χ1v) is 6.96. The third-order valence-corrected chi connectivity index (χ3v) is 3.58. The highest BCUT2D eigenvalue weighted by Gasteiger charge is 2.20. The van der Waals surface area contributed by atoms with Crippen LogP contribution in [0.25, 0.3) is 0 Å². The monoisotopic (exact) mass is 260 g/mol. The fourth-order valence-corrected chi connectivity index (χ4v) is 2.69. The van der Waals surface area contributed by atoms with Crippen LogP contribution in [0.2, 0.25) is 0 Å². The molecule has 1 aliphatic rings. The molecule has 0 amide bonds.